The smallest absolute Gasteiger partial charge is 0.168 e. The number of hydrogen-bond acceptors (Lipinski definition) is 4. The van der Waals surface area contributed by atoms with E-state index in [4.69, 9.17) is 11.6 Å². The number of hydrazone groups is 1. The first-order valence-electron chi connectivity index (χ1n) is 5.21. The molecule has 0 amide bonds. The third-order valence-corrected chi connectivity index (χ3v) is 3.13. The van der Waals surface area contributed by atoms with Crippen molar-refractivity contribution in [1.29, 1.82) is 0 Å². The number of nitrogens with zero attached hydrogens (tertiary/aromatic N) is 3. The summed E-state index contributed by atoms with van der Waals surface area (Å²) in [5.74, 6) is 0.547. The first-order chi connectivity index (χ1) is 8.66. The van der Waals surface area contributed by atoms with Gasteiger partial charge in [0.1, 0.15) is 0 Å². The van der Waals surface area contributed by atoms with E-state index in [1.165, 1.54) is 0 Å². The first-order valence-corrected chi connectivity index (χ1v) is 6.38. The molecular weight excluding hydrogens is 316 g/mol. The first kappa shape index (κ1) is 13.0. The molecule has 1 aromatic carbocycles. The molecule has 6 heteroatoms. The van der Waals surface area contributed by atoms with Crippen LogP contribution in [-0.4, -0.2) is 15.9 Å². The third-order valence-electron chi connectivity index (χ3n) is 2.23. The highest BCUT2D eigenvalue weighted by Gasteiger charge is 2.02. The number of anilines is 1. The molecule has 1 N–H and O–H groups in total. The van der Waals surface area contributed by atoms with Gasteiger partial charge in [0.2, 0.25) is 0 Å². The molecule has 0 radical (unpaired) electrons. The lowest BCUT2D eigenvalue weighted by molar-refractivity contribution is 1.02. The largest absolute Gasteiger partial charge is 0.260 e. The summed E-state index contributed by atoms with van der Waals surface area (Å²) >= 11 is 9.13. The minimum Gasteiger partial charge on any atom is -0.260 e. The van der Waals surface area contributed by atoms with Crippen LogP contribution in [0, 0.1) is 0 Å². The molecular formula is C12H10BrClN4. The maximum absolute atomic E-state index is 5.65. The van der Waals surface area contributed by atoms with Gasteiger partial charge in [0.05, 0.1) is 5.71 Å². The van der Waals surface area contributed by atoms with Crippen LogP contribution in [0.15, 0.2) is 46.0 Å². The number of aromatic nitrogens is 2. The summed E-state index contributed by atoms with van der Waals surface area (Å²) in [6, 6.07) is 11.2. The van der Waals surface area contributed by atoms with Gasteiger partial charge in [-0.15, -0.1) is 10.2 Å². The van der Waals surface area contributed by atoms with Crippen LogP contribution in [0.5, 0.6) is 0 Å². The fourth-order valence-corrected chi connectivity index (χ4v) is 2.00. The highest BCUT2D eigenvalue weighted by molar-refractivity contribution is 9.10. The number of hydrogen-bond donors (Lipinski definition) is 1. The molecule has 0 spiro atoms. The van der Waals surface area contributed by atoms with Gasteiger partial charge in [-0.2, -0.15) is 5.10 Å². The van der Waals surface area contributed by atoms with E-state index in [1.54, 1.807) is 12.1 Å². The summed E-state index contributed by atoms with van der Waals surface area (Å²) in [6.45, 7) is 1.91. The lowest BCUT2D eigenvalue weighted by Crippen LogP contribution is -2.02. The molecule has 18 heavy (non-hydrogen) atoms. The van der Waals surface area contributed by atoms with Gasteiger partial charge in [-0.05, 0) is 25.1 Å². The predicted octanol–water partition coefficient (Wildman–Crippen LogP) is 3.73. The Kier molecular flexibility index (Phi) is 4.28. The summed E-state index contributed by atoms with van der Waals surface area (Å²) in [7, 11) is 0. The van der Waals surface area contributed by atoms with Gasteiger partial charge in [-0.1, -0.05) is 45.7 Å². The van der Waals surface area contributed by atoms with Crippen molar-refractivity contribution >= 4 is 39.1 Å². The Morgan fingerprint density at radius 3 is 2.67 bits per heavy atom. The van der Waals surface area contributed by atoms with Gasteiger partial charge >= 0.3 is 0 Å². The second-order valence-corrected chi connectivity index (χ2v) is 4.77. The van der Waals surface area contributed by atoms with Crippen LogP contribution in [0.2, 0.25) is 5.15 Å². The van der Waals surface area contributed by atoms with Crippen molar-refractivity contribution in [2.75, 3.05) is 5.43 Å². The fraction of sp³-hybridized carbons (Fsp3) is 0.0833. The summed E-state index contributed by atoms with van der Waals surface area (Å²) < 4.78 is 0.996. The summed E-state index contributed by atoms with van der Waals surface area (Å²) in [6.07, 6.45) is 0. The van der Waals surface area contributed by atoms with Crippen LogP contribution in [-0.2, 0) is 0 Å². The number of halogens is 2. The van der Waals surface area contributed by atoms with Gasteiger partial charge in [-0.3, -0.25) is 5.43 Å². The number of benzene rings is 1. The third kappa shape index (κ3) is 3.27. The van der Waals surface area contributed by atoms with Crippen molar-refractivity contribution in [2.45, 2.75) is 6.92 Å². The molecule has 0 saturated heterocycles. The van der Waals surface area contributed by atoms with E-state index in [-0.39, 0.29) is 0 Å². The van der Waals surface area contributed by atoms with Gasteiger partial charge < -0.3 is 0 Å². The zero-order valence-electron chi connectivity index (χ0n) is 9.56. The van der Waals surface area contributed by atoms with Crippen LogP contribution < -0.4 is 5.43 Å². The van der Waals surface area contributed by atoms with E-state index in [2.05, 4.69) is 36.7 Å². The van der Waals surface area contributed by atoms with Gasteiger partial charge in [0, 0.05) is 10.0 Å². The highest BCUT2D eigenvalue weighted by Crippen LogP contribution is 2.16. The summed E-state index contributed by atoms with van der Waals surface area (Å²) in [5.41, 5.74) is 4.70. The molecule has 2 rings (SSSR count). The van der Waals surface area contributed by atoms with Gasteiger partial charge in [0.25, 0.3) is 0 Å². The quantitative estimate of drug-likeness (QED) is 0.691. The molecule has 0 fully saturated rings. The Labute approximate surface area is 118 Å². The van der Waals surface area contributed by atoms with Crippen molar-refractivity contribution in [3.05, 3.63) is 51.6 Å². The Morgan fingerprint density at radius 1 is 1.22 bits per heavy atom. The molecule has 0 aliphatic heterocycles. The van der Waals surface area contributed by atoms with E-state index >= 15 is 0 Å². The standard InChI is InChI=1S/C12H10BrClN4/c1-8(9-4-2-3-5-10(9)13)15-17-12-7-6-11(14)16-18-12/h2-7H,1H3,(H,17,18)/b15-8+. The van der Waals surface area contributed by atoms with Gasteiger partial charge in [-0.25, -0.2) is 0 Å². The summed E-state index contributed by atoms with van der Waals surface area (Å²) in [4.78, 5) is 0. The molecule has 0 atom stereocenters. The zero-order chi connectivity index (χ0) is 13.0. The minimum absolute atomic E-state index is 0.354. The topological polar surface area (TPSA) is 50.2 Å². The molecule has 2 aromatic rings. The molecule has 1 heterocycles. The van der Waals surface area contributed by atoms with Crippen LogP contribution in [0.1, 0.15) is 12.5 Å². The van der Waals surface area contributed by atoms with Crippen molar-refractivity contribution in [2.24, 2.45) is 5.10 Å². The van der Waals surface area contributed by atoms with Crippen LogP contribution in [0.3, 0.4) is 0 Å². The van der Waals surface area contributed by atoms with E-state index in [0.717, 1.165) is 15.7 Å². The molecule has 4 nitrogen and oxygen atoms in total. The van der Waals surface area contributed by atoms with Crippen molar-refractivity contribution in [3.8, 4) is 0 Å². The zero-order valence-corrected chi connectivity index (χ0v) is 11.9. The van der Waals surface area contributed by atoms with Crippen LogP contribution >= 0.6 is 27.5 Å². The average Bonchev–Trinajstić information content (AvgIpc) is 2.38. The molecule has 0 saturated carbocycles. The number of rotatable bonds is 3. The van der Waals surface area contributed by atoms with Crippen LogP contribution in [0.25, 0.3) is 0 Å². The van der Waals surface area contributed by atoms with E-state index in [0.29, 0.717) is 11.0 Å². The van der Waals surface area contributed by atoms with E-state index < -0.39 is 0 Å². The second kappa shape index (κ2) is 5.93. The Balaban J connectivity index is 2.14. The van der Waals surface area contributed by atoms with E-state index in [1.807, 2.05) is 31.2 Å². The van der Waals surface area contributed by atoms with Gasteiger partial charge in [0.15, 0.2) is 11.0 Å². The van der Waals surface area contributed by atoms with Crippen molar-refractivity contribution in [3.63, 3.8) is 0 Å². The minimum atomic E-state index is 0.354. The molecule has 0 aliphatic rings. The fourth-order valence-electron chi connectivity index (χ4n) is 1.33. The molecule has 0 aliphatic carbocycles. The SMILES string of the molecule is C/C(=N\Nc1ccc(Cl)nn1)c1ccccc1Br. The summed E-state index contributed by atoms with van der Waals surface area (Å²) in [5, 5.41) is 12.2. The average molecular weight is 326 g/mol. The second-order valence-electron chi connectivity index (χ2n) is 3.53. The highest BCUT2D eigenvalue weighted by atomic mass is 79.9. The Hall–Kier alpha value is -1.46. The van der Waals surface area contributed by atoms with Crippen molar-refractivity contribution < 1.29 is 0 Å². The maximum Gasteiger partial charge on any atom is 0.168 e. The monoisotopic (exact) mass is 324 g/mol. The molecule has 92 valence electrons. The Bertz CT molecular complexity index is 569. The molecule has 0 unspecified atom stereocenters. The lowest BCUT2D eigenvalue weighted by atomic mass is 10.1. The normalized spacial score (nSPS) is 11.4. The number of nitrogens with one attached hydrogen (secondary N) is 1. The Morgan fingerprint density at radius 2 is 2.00 bits per heavy atom. The molecule has 1 aromatic heterocycles. The molecule has 0 bridgehead atoms. The maximum atomic E-state index is 5.65. The predicted molar refractivity (Wildman–Crippen MR) is 77.0 cm³/mol. The lowest BCUT2D eigenvalue weighted by Gasteiger charge is -2.04. The van der Waals surface area contributed by atoms with Crippen LogP contribution in [0.4, 0.5) is 5.82 Å². The van der Waals surface area contributed by atoms with E-state index in [9.17, 15) is 0 Å². The van der Waals surface area contributed by atoms with Crippen molar-refractivity contribution in [1.82, 2.24) is 10.2 Å².